The predicted molar refractivity (Wildman–Crippen MR) is 76.3 cm³/mol. The van der Waals surface area contributed by atoms with Crippen LogP contribution >= 0.6 is 0 Å². The topological polar surface area (TPSA) is 63.2 Å². The molecular formula is C14H23N3O2. The van der Waals surface area contributed by atoms with Gasteiger partial charge in [0.15, 0.2) is 0 Å². The van der Waals surface area contributed by atoms with E-state index in [2.05, 4.69) is 15.6 Å². The van der Waals surface area contributed by atoms with E-state index in [4.69, 9.17) is 4.74 Å². The van der Waals surface area contributed by atoms with Crippen LogP contribution in [0.15, 0.2) is 18.3 Å². The number of amides is 1. The maximum Gasteiger partial charge on any atom is 0.407 e. The molecule has 0 saturated heterocycles. The number of carbonyl (C=O) groups is 1. The van der Waals surface area contributed by atoms with Crippen LogP contribution in [-0.4, -0.2) is 29.8 Å². The van der Waals surface area contributed by atoms with Gasteiger partial charge in [-0.25, -0.2) is 4.79 Å². The number of anilines is 1. The standard InChI is InChI=1S/C14H23N3O2/c1-11-6-7-12(10-17-11)15-8-5-9-16-13(18)19-14(2,3)4/h6-7,10,15H,5,8-9H2,1-4H3,(H,16,18). The number of aryl methyl sites for hydroxylation is 1. The molecule has 0 fully saturated rings. The number of aromatic nitrogens is 1. The van der Waals surface area contributed by atoms with Crippen molar-refractivity contribution in [3.63, 3.8) is 0 Å². The number of rotatable bonds is 5. The lowest BCUT2D eigenvalue weighted by Gasteiger charge is -2.19. The summed E-state index contributed by atoms with van der Waals surface area (Å²) >= 11 is 0. The van der Waals surface area contributed by atoms with E-state index in [9.17, 15) is 4.79 Å². The number of pyridine rings is 1. The van der Waals surface area contributed by atoms with Gasteiger partial charge in [0, 0.05) is 18.8 Å². The molecule has 1 amide bonds. The first-order valence-corrected chi connectivity index (χ1v) is 6.50. The van der Waals surface area contributed by atoms with Crippen LogP contribution in [0.4, 0.5) is 10.5 Å². The molecule has 1 aromatic heterocycles. The van der Waals surface area contributed by atoms with E-state index in [-0.39, 0.29) is 6.09 Å². The Bertz CT molecular complexity index is 396. The number of alkyl carbamates (subject to hydrolysis) is 1. The average molecular weight is 265 g/mol. The number of hydrogen-bond acceptors (Lipinski definition) is 4. The van der Waals surface area contributed by atoms with E-state index in [1.807, 2.05) is 39.8 Å². The quantitative estimate of drug-likeness (QED) is 0.803. The zero-order valence-corrected chi connectivity index (χ0v) is 12.1. The van der Waals surface area contributed by atoms with E-state index >= 15 is 0 Å². The summed E-state index contributed by atoms with van der Waals surface area (Å²) in [6.45, 7) is 8.85. The highest BCUT2D eigenvalue weighted by Gasteiger charge is 2.15. The Morgan fingerprint density at radius 2 is 2.05 bits per heavy atom. The monoisotopic (exact) mass is 265 g/mol. The number of carbonyl (C=O) groups excluding carboxylic acids is 1. The first-order chi connectivity index (χ1) is 8.87. The minimum Gasteiger partial charge on any atom is -0.444 e. The molecule has 1 rings (SSSR count). The third kappa shape index (κ3) is 7.28. The number of nitrogens with one attached hydrogen (secondary N) is 2. The largest absolute Gasteiger partial charge is 0.444 e. The van der Waals surface area contributed by atoms with Crippen molar-refractivity contribution >= 4 is 11.8 Å². The van der Waals surface area contributed by atoms with Gasteiger partial charge < -0.3 is 15.4 Å². The fourth-order valence-corrected chi connectivity index (χ4v) is 1.40. The summed E-state index contributed by atoms with van der Waals surface area (Å²) in [6, 6.07) is 3.95. The summed E-state index contributed by atoms with van der Waals surface area (Å²) in [4.78, 5) is 15.6. The highest BCUT2D eigenvalue weighted by Crippen LogP contribution is 2.06. The molecule has 2 N–H and O–H groups in total. The van der Waals surface area contributed by atoms with Crippen molar-refractivity contribution in [1.82, 2.24) is 10.3 Å². The second-order valence-corrected chi connectivity index (χ2v) is 5.40. The second kappa shape index (κ2) is 6.97. The summed E-state index contributed by atoms with van der Waals surface area (Å²) in [7, 11) is 0. The molecule has 106 valence electrons. The molecule has 1 heterocycles. The molecule has 0 bridgehead atoms. The Hall–Kier alpha value is -1.78. The van der Waals surface area contributed by atoms with Crippen molar-refractivity contribution in [1.29, 1.82) is 0 Å². The molecule has 5 heteroatoms. The van der Waals surface area contributed by atoms with Crippen LogP contribution in [0.3, 0.4) is 0 Å². The lowest BCUT2D eigenvalue weighted by molar-refractivity contribution is 0.0528. The molecule has 0 radical (unpaired) electrons. The van der Waals surface area contributed by atoms with Crippen molar-refractivity contribution < 1.29 is 9.53 Å². The number of ether oxygens (including phenoxy) is 1. The van der Waals surface area contributed by atoms with Crippen LogP contribution < -0.4 is 10.6 Å². The average Bonchev–Trinajstić information content (AvgIpc) is 2.29. The third-order valence-corrected chi connectivity index (χ3v) is 2.26. The van der Waals surface area contributed by atoms with E-state index in [0.29, 0.717) is 6.54 Å². The molecule has 0 aliphatic rings. The Balaban J connectivity index is 2.11. The van der Waals surface area contributed by atoms with E-state index in [1.54, 1.807) is 6.20 Å². The smallest absolute Gasteiger partial charge is 0.407 e. The van der Waals surface area contributed by atoms with Gasteiger partial charge in [-0.05, 0) is 46.2 Å². The summed E-state index contributed by atoms with van der Waals surface area (Å²) in [5.74, 6) is 0. The maximum absolute atomic E-state index is 11.4. The summed E-state index contributed by atoms with van der Waals surface area (Å²) in [5, 5.41) is 5.96. The fraction of sp³-hybridized carbons (Fsp3) is 0.571. The molecular weight excluding hydrogens is 242 g/mol. The van der Waals surface area contributed by atoms with Crippen LogP contribution in [0.1, 0.15) is 32.9 Å². The van der Waals surface area contributed by atoms with E-state index < -0.39 is 5.60 Å². The summed E-state index contributed by atoms with van der Waals surface area (Å²) < 4.78 is 5.14. The van der Waals surface area contributed by atoms with Crippen LogP contribution in [0, 0.1) is 6.92 Å². The molecule has 0 saturated carbocycles. The highest BCUT2D eigenvalue weighted by molar-refractivity contribution is 5.67. The predicted octanol–water partition coefficient (Wildman–Crippen LogP) is 2.72. The zero-order chi connectivity index (χ0) is 14.3. The van der Waals surface area contributed by atoms with Crippen molar-refractivity contribution in [2.45, 2.75) is 39.7 Å². The molecule has 0 aromatic carbocycles. The molecule has 0 unspecified atom stereocenters. The Morgan fingerprint density at radius 1 is 1.32 bits per heavy atom. The Morgan fingerprint density at radius 3 is 2.63 bits per heavy atom. The molecule has 0 aliphatic carbocycles. The van der Waals surface area contributed by atoms with Gasteiger partial charge in [0.05, 0.1) is 11.9 Å². The zero-order valence-electron chi connectivity index (χ0n) is 12.1. The van der Waals surface area contributed by atoms with Gasteiger partial charge in [0.1, 0.15) is 5.60 Å². The number of hydrogen-bond donors (Lipinski definition) is 2. The van der Waals surface area contributed by atoms with Gasteiger partial charge in [0.2, 0.25) is 0 Å². The fourth-order valence-electron chi connectivity index (χ4n) is 1.40. The van der Waals surface area contributed by atoms with Crippen molar-refractivity contribution in [3.05, 3.63) is 24.0 Å². The van der Waals surface area contributed by atoms with Crippen molar-refractivity contribution in [2.75, 3.05) is 18.4 Å². The number of nitrogens with zero attached hydrogens (tertiary/aromatic N) is 1. The summed E-state index contributed by atoms with van der Waals surface area (Å²) in [5.41, 5.74) is 1.54. The van der Waals surface area contributed by atoms with Gasteiger partial charge in [0.25, 0.3) is 0 Å². The van der Waals surface area contributed by atoms with Gasteiger partial charge in [-0.15, -0.1) is 0 Å². The molecule has 0 aliphatic heterocycles. The van der Waals surface area contributed by atoms with Crippen LogP contribution in [0.25, 0.3) is 0 Å². The maximum atomic E-state index is 11.4. The van der Waals surface area contributed by atoms with Gasteiger partial charge in [-0.3, -0.25) is 4.98 Å². The molecule has 19 heavy (non-hydrogen) atoms. The highest BCUT2D eigenvalue weighted by atomic mass is 16.6. The van der Waals surface area contributed by atoms with Crippen molar-refractivity contribution in [3.8, 4) is 0 Å². The van der Waals surface area contributed by atoms with Gasteiger partial charge in [-0.2, -0.15) is 0 Å². The van der Waals surface area contributed by atoms with E-state index in [1.165, 1.54) is 0 Å². The van der Waals surface area contributed by atoms with E-state index in [0.717, 1.165) is 24.3 Å². The minimum absolute atomic E-state index is 0.371. The molecule has 5 nitrogen and oxygen atoms in total. The van der Waals surface area contributed by atoms with Crippen LogP contribution in [-0.2, 0) is 4.74 Å². The Labute approximate surface area is 114 Å². The second-order valence-electron chi connectivity index (χ2n) is 5.40. The van der Waals surface area contributed by atoms with Gasteiger partial charge in [-0.1, -0.05) is 0 Å². The lowest BCUT2D eigenvalue weighted by Crippen LogP contribution is -2.33. The lowest BCUT2D eigenvalue weighted by atomic mass is 10.2. The van der Waals surface area contributed by atoms with Gasteiger partial charge >= 0.3 is 6.09 Å². The minimum atomic E-state index is -0.449. The molecule has 0 atom stereocenters. The third-order valence-electron chi connectivity index (χ3n) is 2.26. The molecule has 1 aromatic rings. The molecule has 0 spiro atoms. The SMILES string of the molecule is Cc1ccc(NCCCNC(=O)OC(C)(C)C)cn1. The normalized spacial score (nSPS) is 10.9. The summed E-state index contributed by atoms with van der Waals surface area (Å²) in [6.07, 6.45) is 2.26. The first kappa shape index (κ1) is 15.3. The van der Waals surface area contributed by atoms with Crippen LogP contribution in [0.5, 0.6) is 0 Å². The van der Waals surface area contributed by atoms with Crippen LogP contribution in [0.2, 0.25) is 0 Å². The van der Waals surface area contributed by atoms with Crippen molar-refractivity contribution in [2.24, 2.45) is 0 Å². The Kier molecular flexibility index (Phi) is 5.60. The first-order valence-electron chi connectivity index (χ1n) is 6.50.